The number of nitrogens with zero attached hydrogens (tertiary/aromatic N) is 3. The number of anilines is 1. The first kappa shape index (κ1) is 29.3. The van der Waals surface area contributed by atoms with Gasteiger partial charge in [0.05, 0.1) is 40.4 Å². The molecular weight excluding hydrogens is 606 g/mol. The molecule has 2 heterocycles. The van der Waals surface area contributed by atoms with Crippen molar-refractivity contribution in [2.45, 2.75) is 30.0 Å². The van der Waals surface area contributed by atoms with Gasteiger partial charge in [-0.25, -0.2) is 12.8 Å². The van der Waals surface area contributed by atoms with E-state index in [1.807, 2.05) is 0 Å². The fraction of sp³-hybridized carbons (Fsp3) is 0.222. The topological polar surface area (TPSA) is 112 Å². The van der Waals surface area contributed by atoms with Crippen LogP contribution in [0.5, 0.6) is 5.75 Å². The number of alkyl halides is 3. The van der Waals surface area contributed by atoms with Crippen molar-refractivity contribution in [1.82, 2.24) is 10.1 Å². The van der Waals surface area contributed by atoms with Crippen LogP contribution in [0.1, 0.15) is 18.4 Å². The van der Waals surface area contributed by atoms with Crippen LogP contribution in [-0.4, -0.2) is 44.3 Å². The molecule has 0 radical (unpaired) electrons. The van der Waals surface area contributed by atoms with Crippen molar-refractivity contribution in [2.24, 2.45) is 0 Å². The Labute approximate surface area is 241 Å². The van der Waals surface area contributed by atoms with Crippen molar-refractivity contribution in [3.05, 3.63) is 77.1 Å². The van der Waals surface area contributed by atoms with Crippen LogP contribution in [0.15, 0.2) is 70.1 Å². The largest absolute Gasteiger partial charge is 0.486 e. The van der Waals surface area contributed by atoms with Crippen molar-refractivity contribution >= 4 is 33.3 Å². The molecule has 15 heteroatoms. The van der Waals surface area contributed by atoms with Crippen LogP contribution in [0.4, 0.5) is 23.2 Å². The third-order valence-electron chi connectivity index (χ3n) is 6.38. The fourth-order valence-electron chi connectivity index (χ4n) is 4.28. The van der Waals surface area contributed by atoms with E-state index in [1.54, 1.807) is 0 Å². The summed E-state index contributed by atoms with van der Waals surface area (Å²) >= 11 is 6.13. The summed E-state index contributed by atoms with van der Waals surface area (Å²) in [5.74, 6) is -1.14. The van der Waals surface area contributed by atoms with E-state index in [2.05, 4.69) is 14.9 Å². The fourth-order valence-corrected chi connectivity index (χ4v) is 6.02. The number of carbonyl (C=O) groups excluding carboxylic acids is 1. The van der Waals surface area contributed by atoms with Crippen molar-refractivity contribution < 1.29 is 44.8 Å². The van der Waals surface area contributed by atoms with E-state index >= 15 is 0 Å². The van der Waals surface area contributed by atoms with E-state index in [9.17, 15) is 30.8 Å². The smallest absolute Gasteiger partial charge is 0.416 e. The third kappa shape index (κ3) is 5.90. The Morgan fingerprint density at radius 3 is 2.67 bits per heavy atom. The molecule has 1 aliphatic rings. The van der Waals surface area contributed by atoms with E-state index < -0.39 is 44.5 Å². The number of esters is 1. The van der Waals surface area contributed by atoms with E-state index in [1.165, 1.54) is 31.4 Å². The number of methoxy groups -OCH3 is 1. The average molecular weight is 626 g/mol. The first-order valence-corrected chi connectivity index (χ1v) is 14.1. The summed E-state index contributed by atoms with van der Waals surface area (Å²) in [7, 11) is -3.36. The Balaban J connectivity index is 1.56. The predicted octanol–water partition coefficient (Wildman–Crippen LogP) is 6.12. The van der Waals surface area contributed by atoms with Gasteiger partial charge in [-0.2, -0.15) is 18.2 Å². The molecule has 1 atom stereocenters. The predicted molar refractivity (Wildman–Crippen MR) is 142 cm³/mol. The lowest BCUT2D eigenvalue weighted by molar-refractivity contribution is -0.141. The molecule has 0 saturated heterocycles. The van der Waals surface area contributed by atoms with Crippen LogP contribution in [0.3, 0.4) is 0 Å². The Morgan fingerprint density at radius 1 is 1.14 bits per heavy atom. The Morgan fingerprint density at radius 2 is 1.93 bits per heavy atom. The minimum Gasteiger partial charge on any atom is -0.486 e. The van der Waals surface area contributed by atoms with Crippen LogP contribution in [0, 0.1) is 5.82 Å². The molecule has 9 nitrogen and oxygen atoms in total. The number of fused-ring (bicyclic) bond motifs is 1. The van der Waals surface area contributed by atoms with Gasteiger partial charge in [-0.15, -0.1) is 0 Å². The molecule has 3 aromatic carbocycles. The maximum atomic E-state index is 13.8. The Kier molecular flexibility index (Phi) is 7.86. The number of rotatable bonds is 7. The molecule has 0 spiro atoms. The number of halogens is 5. The molecule has 5 rings (SSSR count). The highest BCUT2D eigenvalue weighted by molar-refractivity contribution is 7.92. The van der Waals surface area contributed by atoms with Gasteiger partial charge in [0.1, 0.15) is 17.7 Å². The molecule has 0 amide bonds. The lowest BCUT2D eigenvalue weighted by atomic mass is 10.1. The summed E-state index contributed by atoms with van der Waals surface area (Å²) < 4.78 is 98.3. The lowest BCUT2D eigenvalue weighted by Crippen LogP contribution is -2.43. The average Bonchev–Trinajstić information content (AvgIpc) is 3.46. The van der Waals surface area contributed by atoms with Gasteiger partial charge >= 0.3 is 12.1 Å². The van der Waals surface area contributed by atoms with E-state index in [0.29, 0.717) is 6.07 Å². The molecule has 42 heavy (non-hydrogen) atoms. The summed E-state index contributed by atoms with van der Waals surface area (Å²) in [6.45, 7) is -0.317. The first-order valence-electron chi connectivity index (χ1n) is 12.2. The Bertz CT molecular complexity index is 1760. The van der Waals surface area contributed by atoms with Crippen LogP contribution in [0.2, 0.25) is 5.02 Å². The van der Waals surface area contributed by atoms with Gasteiger partial charge in [0.15, 0.2) is 0 Å². The van der Waals surface area contributed by atoms with Gasteiger partial charge in [0.25, 0.3) is 15.9 Å². The monoisotopic (exact) mass is 625 g/mol. The molecular formula is C27H20ClF4N3O6S. The van der Waals surface area contributed by atoms with Gasteiger partial charge in [0.2, 0.25) is 5.82 Å². The van der Waals surface area contributed by atoms with Gasteiger partial charge in [-0.05, 0) is 61.0 Å². The number of carbonyl (C=O) groups is 1. The van der Waals surface area contributed by atoms with Gasteiger partial charge < -0.3 is 14.0 Å². The van der Waals surface area contributed by atoms with Crippen LogP contribution >= 0.6 is 11.6 Å². The highest BCUT2D eigenvalue weighted by Crippen LogP contribution is 2.41. The second-order valence-electron chi connectivity index (χ2n) is 9.15. The molecule has 1 aliphatic heterocycles. The molecule has 4 aromatic rings. The van der Waals surface area contributed by atoms with E-state index in [0.717, 1.165) is 34.6 Å². The highest BCUT2D eigenvalue weighted by Gasteiger charge is 2.37. The molecule has 220 valence electrons. The standard InChI is InChI=1S/C27H20ClF4N3O6S/c1-39-24(36)10-7-18-14-35(42(37,38)19-4-2-3-16(12-19)27(30,31)32)22-11-15(5-9-23(22)40-18)25-33-26(41-34-25)20-13-17(29)6-8-21(20)28/h2-6,8-9,11-13,18H,7,10,14H2,1H3/t18-/m0/s1. The second kappa shape index (κ2) is 11.2. The zero-order valence-electron chi connectivity index (χ0n) is 21.6. The maximum Gasteiger partial charge on any atom is 0.416 e. The molecule has 0 N–H and O–H groups in total. The van der Waals surface area contributed by atoms with Crippen molar-refractivity contribution in [3.8, 4) is 28.6 Å². The summed E-state index contributed by atoms with van der Waals surface area (Å²) in [6, 6.07) is 11.3. The van der Waals surface area contributed by atoms with Gasteiger partial charge in [-0.3, -0.25) is 9.10 Å². The minimum absolute atomic E-state index is 0.00245. The number of ether oxygens (including phenoxy) is 2. The highest BCUT2D eigenvalue weighted by atomic mass is 35.5. The van der Waals surface area contributed by atoms with Crippen LogP contribution < -0.4 is 9.04 Å². The number of hydrogen-bond donors (Lipinski definition) is 0. The first-order chi connectivity index (χ1) is 19.9. The summed E-state index contributed by atoms with van der Waals surface area (Å²) in [4.78, 5) is 15.4. The Hall–Kier alpha value is -4.17. The summed E-state index contributed by atoms with van der Waals surface area (Å²) in [5, 5.41) is 4.04. The molecule has 0 bridgehead atoms. The number of benzene rings is 3. The molecule has 1 aromatic heterocycles. The zero-order valence-corrected chi connectivity index (χ0v) is 23.1. The van der Waals surface area contributed by atoms with E-state index in [-0.39, 0.29) is 58.7 Å². The minimum atomic E-state index is -4.77. The van der Waals surface area contributed by atoms with E-state index in [4.69, 9.17) is 20.9 Å². The van der Waals surface area contributed by atoms with Crippen LogP contribution in [-0.2, 0) is 25.7 Å². The maximum absolute atomic E-state index is 13.8. The van der Waals surface area contributed by atoms with Crippen LogP contribution in [0.25, 0.3) is 22.8 Å². The van der Waals surface area contributed by atoms with Gasteiger partial charge in [-0.1, -0.05) is 22.8 Å². The number of hydrogen-bond acceptors (Lipinski definition) is 8. The lowest BCUT2D eigenvalue weighted by Gasteiger charge is -2.35. The molecule has 0 fully saturated rings. The SMILES string of the molecule is COC(=O)CC[C@H]1CN(S(=O)(=O)c2cccc(C(F)(F)F)c2)c2cc(-c3noc(-c4cc(F)ccc4Cl)n3)ccc2O1. The van der Waals surface area contributed by atoms with Crippen molar-refractivity contribution in [2.75, 3.05) is 18.0 Å². The third-order valence-corrected chi connectivity index (χ3v) is 8.49. The summed E-state index contributed by atoms with van der Waals surface area (Å²) in [5.41, 5.74) is -0.742. The quantitative estimate of drug-likeness (QED) is 0.178. The molecule has 0 aliphatic carbocycles. The summed E-state index contributed by atoms with van der Waals surface area (Å²) in [6.07, 6.45) is -5.60. The normalized spacial score (nSPS) is 15.2. The van der Waals surface area contributed by atoms with Crippen molar-refractivity contribution in [1.29, 1.82) is 0 Å². The van der Waals surface area contributed by atoms with Crippen molar-refractivity contribution in [3.63, 3.8) is 0 Å². The zero-order chi connectivity index (χ0) is 30.2. The van der Waals surface area contributed by atoms with Gasteiger partial charge in [0, 0.05) is 12.0 Å². The second-order valence-corrected chi connectivity index (χ2v) is 11.4. The number of aromatic nitrogens is 2. The molecule has 0 saturated carbocycles. The number of sulfonamides is 1. The molecule has 0 unspecified atom stereocenters.